The van der Waals surface area contributed by atoms with E-state index in [2.05, 4.69) is 6.58 Å². The van der Waals surface area contributed by atoms with E-state index in [9.17, 15) is 14.2 Å². The number of carbonyl (C=O) groups is 2. The molecule has 0 aromatic carbocycles. The molecule has 0 aromatic rings. The molecule has 8 heteroatoms. The van der Waals surface area contributed by atoms with Crippen LogP contribution in [0.5, 0.6) is 0 Å². The van der Waals surface area contributed by atoms with E-state index >= 15 is 0 Å². The van der Waals surface area contributed by atoms with Crippen molar-refractivity contribution in [1.29, 1.82) is 0 Å². The Morgan fingerprint density at radius 3 is 2.37 bits per heavy atom. The van der Waals surface area contributed by atoms with E-state index in [1.54, 1.807) is 0 Å². The molecule has 3 N–H and O–H groups in total. The molecule has 0 saturated carbocycles. The number of unbranched alkanes of at least 4 members (excludes halogenated alkanes) is 2. The molecule has 7 nitrogen and oxygen atoms in total. The Kier molecular flexibility index (Phi) is 8.30. The first-order valence-electron chi connectivity index (χ1n) is 5.83. The minimum atomic E-state index is -4.32. The highest BCUT2D eigenvalue weighted by atomic mass is 31.2. The van der Waals surface area contributed by atoms with Gasteiger partial charge in [0.2, 0.25) is 0 Å². The van der Waals surface area contributed by atoms with Crippen LogP contribution >= 0.6 is 7.60 Å². The Balaban J connectivity index is 3.83. The lowest BCUT2D eigenvalue weighted by Gasteiger charge is -2.12. The van der Waals surface area contributed by atoms with Gasteiger partial charge in [-0.25, -0.2) is 4.79 Å². The van der Waals surface area contributed by atoms with Crippen molar-refractivity contribution in [3.8, 4) is 0 Å². The fourth-order valence-corrected chi connectivity index (χ4v) is 2.39. The van der Waals surface area contributed by atoms with Crippen LogP contribution in [-0.2, 0) is 18.9 Å². The van der Waals surface area contributed by atoms with Gasteiger partial charge >= 0.3 is 19.5 Å². The average Bonchev–Trinajstić information content (AvgIpc) is 2.29. The summed E-state index contributed by atoms with van der Waals surface area (Å²) in [5, 5.41) is 8.82. The number of esters is 1. The zero-order valence-electron chi connectivity index (χ0n) is 10.5. The van der Waals surface area contributed by atoms with Gasteiger partial charge in [0.15, 0.2) is 0 Å². The summed E-state index contributed by atoms with van der Waals surface area (Å²) in [4.78, 5) is 39.0. The van der Waals surface area contributed by atoms with Crippen LogP contribution in [0.3, 0.4) is 0 Å². The van der Waals surface area contributed by atoms with Gasteiger partial charge in [0.25, 0.3) is 0 Å². The molecule has 0 spiro atoms. The van der Waals surface area contributed by atoms with Gasteiger partial charge in [-0.1, -0.05) is 19.4 Å². The predicted octanol–water partition coefficient (Wildman–Crippen LogP) is 1.15. The molecule has 0 aliphatic heterocycles. The number of carbonyl (C=O) groups excluding carboxylic acids is 1. The van der Waals surface area contributed by atoms with Gasteiger partial charge in [-0.2, -0.15) is 0 Å². The summed E-state index contributed by atoms with van der Waals surface area (Å²) < 4.78 is 15.5. The van der Waals surface area contributed by atoms with Crippen molar-refractivity contribution in [3.05, 3.63) is 12.7 Å². The van der Waals surface area contributed by atoms with Crippen LogP contribution in [-0.4, -0.2) is 39.6 Å². The molecule has 0 aliphatic carbocycles. The molecule has 1 unspecified atom stereocenters. The van der Waals surface area contributed by atoms with Crippen LogP contribution in [0.25, 0.3) is 0 Å². The first kappa shape index (κ1) is 17.8. The second-order valence-electron chi connectivity index (χ2n) is 4.10. The Bertz CT molecular complexity index is 360. The standard InChI is InChI=1S/C11H19O7P/c1-2-10(12)18-7-5-3-4-6-9(11(13)14)8-19(15,16)17/h2,9H,1,3-8H2,(H,13,14)(H2,15,16,17). The van der Waals surface area contributed by atoms with Crippen molar-refractivity contribution < 1.29 is 33.8 Å². The van der Waals surface area contributed by atoms with E-state index in [1.165, 1.54) is 0 Å². The average molecular weight is 294 g/mol. The van der Waals surface area contributed by atoms with Crippen LogP contribution in [0, 0.1) is 5.92 Å². The number of aliphatic carboxylic acids is 1. The molecule has 110 valence electrons. The summed E-state index contributed by atoms with van der Waals surface area (Å²) in [6.07, 6.45) is 2.30. The molecule has 0 bridgehead atoms. The Morgan fingerprint density at radius 1 is 1.26 bits per heavy atom. The number of hydrogen-bond acceptors (Lipinski definition) is 4. The number of rotatable bonds is 10. The van der Waals surface area contributed by atoms with Gasteiger partial charge in [0, 0.05) is 6.08 Å². The maximum Gasteiger partial charge on any atom is 0.330 e. The third-order valence-corrected chi connectivity index (χ3v) is 3.33. The fourth-order valence-electron chi connectivity index (χ4n) is 1.48. The van der Waals surface area contributed by atoms with Crippen molar-refractivity contribution in [2.75, 3.05) is 12.8 Å². The Morgan fingerprint density at radius 2 is 1.89 bits per heavy atom. The topological polar surface area (TPSA) is 121 Å². The third kappa shape index (κ3) is 10.4. The number of ether oxygens (including phenoxy) is 1. The van der Waals surface area contributed by atoms with E-state index in [-0.39, 0.29) is 13.0 Å². The van der Waals surface area contributed by atoms with Crippen molar-refractivity contribution >= 4 is 19.5 Å². The van der Waals surface area contributed by atoms with Crippen molar-refractivity contribution in [2.45, 2.75) is 25.7 Å². The van der Waals surface area contributed by atoms with Gasteiger partial charge in [0.1, 0.15) is 0 Å². The lowest BCUT2D eigenvalue weighted by atomic mass is 10.0. The Hall–Kier alpha value is -1.17. The highest BCUT2D eigenvalue weighted by Gasteiger charge is 2.26. The maximum atomic E-state index is 10.8. The molecule has 0 rings (SSSR count). The molecule has 0 fully saturated rings. The smallest absolute Gasteiger partial charge is 0.330 e. The molecule has 19 heavy (non-hydrogen) atoms. The second kappa shape index (κ2) is 8.85. The summed E-state index contributed by atoms with van der Waals surface area (Å²) >= 11 is 0. The van der Waals surface area contributed by atoms with Gasteiger partial charge < -0.3 is 19.6 Å². The highest BCUT2D eigenvalue weighted by molar-refractivity contribution is 7.51. The molecular weight excluding hydrogens is 275 g/mol. The first-order chi connectivity index (χ1) is 8.76. The van der Waals surface area contributed by atoms with Crippen molar-refractivity contribution in [1.82, 2.24) is 0 Å². The Labute approximate surface area is 111 Å². The summed E-state index contributed by atoms with van der Waals surface area (Å²) in [6.45, 7) is 3.46. The van der Waals surface area contributed by atoms with Crippen molar-refractivity contribution in [3.63, 3.8) is 0 Å². The summed E-state index contributed by atoms with van der Waals surface area (Å²) in [7, 11) is -4.32. The van der Waals surface area contributed by atoms with Gasteiger partial charge in [-0.3, -0.25) is 9.36 Å². The summed E-state index contributed by atoms with van der Waals surface area (Å²) in [5.74, 6) is -2.76. The zero-order chi connectivity index (χ0) is 14.9. The van der Waals surface area contributed by atoms with Gasteiger partial charge in [0.05, 0.1) is 18.7 Å². The number of carboxylic acid groups (broad SMARTS) is 1. The zero-order valence-corrected chi connectivity index (χ0v) is 11.4. The minimum absolute atomic E-state index is 0.190. The quantitative estimate of drug-likeness (QED) is 0.239. The monoisotopic (exact) mass is 294 g/mol. The largest absolute Gasteiger partial charge is 0.481 e. The number of carboxylic acids is 1. The predicted molar refractivity (Wildman–Crippen MR) is 67.7 cm³/mol. The lowest BCUT2D eigenvalue weighted by molar-refractivity contribution is -0.141. The molecule has 0 heterocycles. The molecule has 0 aromatic heterocycles. The lowest BCUT2D eigenvalue weighted by Crippen LogP contribution is -2.18. The maximum absolute atomic E-state index is 10.8. The minimum Gasteiger partial charge on any atom is -0.481 e. The van der Waals surface area contributed by atoms with E-state index in [1.807, 2.05) is 0 Å². The molecule has 0 radical (unpaired) electrons. The SMILES string of the molecule is C=CC(=O)OCCCCCC(CP(=O)(O)O)C(=O)O. The van der Waals surface area contributed by atoms with Gasteiger partial charge in [-0.15, -0.1) is 0 Å². The second-order valence-corrected chi connectivity index (χ2v) is 5.80. The molecule has 0 aliphatic rings. The van der Waals surface area contributed by atoms with Crippen LogP contribution in [0.15, 0.2) is 12.7 Å². The fraction of sp³-hybridized carbons (Fsp3) is 0.636. The number of hydrogen-bond donors (Lipinski definition) is 3. The third-order valence-electron chi connectivity index (χ3n) is 2.42. The van der Waals surface area contributed by atoms with Crippen LogP contribution in [0.1, 0.15) is 25.7 Å². The van der Waals surface area contributed by atoms with Crippen LogP contribution < -0.4 is 0 Å². The highest BCUT2D eigenvalue weighted by Crippen LogP contribution is 2.38. The molecule has 0 saturated heterocycles. The molecule has 1 atom stereocenters. The van der Waals surface area contributed by atoms with Crippen LogP contribution in [0.2, 0.25) is 0 Å². The normalized spacial score (nSPS) is 12.7. The van der Waals surface area contributed by atoms with Crippen LogP contribution in [0.4, 0.5) is 0 Å². The first-order valence-corrected chi connectivity index (χ1v) is 7.62. The summed E-state index contributed by atoms with van der Waals surface area (Å²) in [5.41, 5.74) is 0. The van der Waals surface area contributed by atoms with E-state index in [4.69, 9.17) is 19.6 Å². The van der Waals surface area contributed by atoms with Crippen molar-refractivity contribution in [2.24, 2.45) is 5.92 Å². The van der Waals surface area contributed by atoms with E-state index < -0.39 is 31.6 Å². The van der Waals surface area contributed by atoms with Gasteiger partial charge in [-0.05, 0) is 12.8 Å². The van der Waals surface area contributed by atoms with E-state index in [0.717, 1.165) is 6.08 Å². The van der Waals surface area contributed by atoms with E-state index in [0.29, 0.717) is 19.3 Å². The molecule has 0 amide bonds. The summed E-state index contributed by atoms with van der Waals surface area (Å²) in [6, 6.07) is 0. The molecular formula is C11H19O7P.